The van der Waals surface area contributed by atoms with Crippen LogP contribution in [0.4, 0.5) is 29.3 Å². The van der Waals surface area contributed by atoms with Crippen molar-refractivity contribution in [3.63, 3.8) is 0 Å². The number of anilines is 2. The lowest BCUT2D eigenvalue weighted by Gasteiger charge is -2.14. The molecule has 0 aliphatic carbocycles. The number of hydrogen-bond acceptors (Lipinski definition) is 2. The Balaban J connectivity index is 2.19. The van der Waals surface area contributed by atoms with E-state index in [-0.39, 0.29) is 10.7 Å². The van der Waals surface area contributed by atoms with E-state index in [2.05, 4.69) is 10.6 Å². The SMILES string of the molecule is N#Cc1cccc(NC(=O)Nc2ccc(Cl)cc2C(F)(F)F)c1. The lowest BCUT2D eigenvalue weighted by molar-refractivity contribution is -0.136. The zero-order valence-electron chi connectivity index (χ0n) is 11.4. The number of urea groups is 1. The van der Waals surface area contributed by atoms with Gasteiger partial charge in [-0.2, -0.15) is 18.4 Å². The van der Waals surface area contributed by atoms with E-state index in [9.17, 15) is 18.0 Å². The molecular formula is C15H9ClF3N3O. The zero-order valence-corrected chi connectivity index (χ0v) is 12.2. The van der Waals surface area contributed by atoms with Gasteiger partial charge < -0.3 is 10.6 Å². The van der Waals surface area contributed by atoms with Crippen LogP contribution in [-0.4, -0.2) is 6.03 Å². The van der Waals surface area contributed by atoms with Gasteiger partial charge >= 0.3 is 12.2 Å². The van der Waals surface area contributed by atoms with Gasteiger partial charge in [0.15, 0.2) is 0 Å². The molecule has 0 atom stereocenters. The molecular weight excluding hydrogens is 331 g/mol. The third-order valence-corrected chi connectivity index (χ3v) is 3.02. The van der Waals surface area contributed by atoms with Crippen molar-refractivity contribution in [3.8, 4) is 6.07 Å². The number of carbonyl (C=O) groups is 1. The third-order valence-electron chi connectivity index (χ3n) is 2.78. The van der Waals surface area contributed by atoms with Gasteiger partial charge in [0, 0.05) is 10.7 Å². The number of carbonyl (C=O) groups excluding carboxylic acids is 1. The molecule has 8 heteroatoms. The monoisotopic (exact) mass is 339 g/mol. The van der Waals surface area contributed by atoms with E-state index < -0.39 is 23.5 Å². The molecule has 0 radical (unpaired) electrons. The maximum Gasteiger partial charge on any atom is 0.418 e. The predicted octanol–water partition coefficient (Wildman–Crippen LogP) is 4.87. The number of nitriles is 1. The first kappa shape index (κ1) is 16.6. The molecule has 0 aliphatic heterocycles. The smallest absolute Gasteiger partial charge is 0.308 e. The number of alkyl halides is 3. The Morgan fingerprint density at radius 2 is 1.87 bits per heavy atom. The summed E-state index contributed by atoms with van der Waals surface area (Å²) in [6, 6.07) is 10.0. The second-order valence-corrected chi connectivity index (χ2v) is 4.90. The lowest BCUT2D eigenvalue weighted by atomic mass is 10.1. The van der Waals surface area contributed by atoms with Crippen molar-refractivity contribution in [2.75, 3.05) is 10.6 Å². The van der Waals surface area contributed by atoms with Gasteiger partial charge in [0.1, 0.15) is 0 Å². The molecule has 2 rings (SSSR count). The number of nitrogens with zero attached hydrogens (tertiary/aromatic N) is 1. The van der Waals surface area contributed by atoms with Gasteiger partial charge in [-0.3, -0.25) is 0 Å². The van der Waals surface area contributed by atoms with Crippen LogP contribution in [0, 0.1) is 11.3 Å². The highest BCUT2D eigenvalue weighted by atomic mass is 35.5. The van der Waals surface area contributed by atoms with Crippen molar-refractivity contribution in [2.45, 2.75) is 6.18 Å². The average Bonchev–Trinajstić information content (AvgIpc) is 2.48. The van der Waals surface area contributed by atoms with Gasteiger partial charge in [-0.1, -0.05) is 17.7 Å². The highest BCUT2D eigenvalue weighted by Gasteiger charge is 2.34. The maximum atomic E-state index is 12.9. The van der Waals surface area contributed by atoms with E-state index in [1.54, 1.807) is 0 Å². The summed E-state index contributed by atoms with van der Waals surface area (Å²) in [7, 11) is 0. The minimum Gasteiger partial charge on any atom is -0.308 e. The Morgan fingerprint density at radius 3 is 2.52 bits per heavy atom. The van der Waals surface area contributed by atoms with Crippen LogP contribution in [0.3, 0.4) is 0 Å². The van der Waals surface area contributed by atoms with Crippen LogP contribution in [0.25, 0.3) is 0 Å². The number of amides is 2. The fourth-order valence-corrected chi connectivity index (χ4v) is 1.98. The molecule has 0 aliphatic rings. The minimum absolute atomic E-state index is 0.0926. The first-order valence-electron chi connectivity index (χ1n) is 6.24. The minimum atomic E-state index is -4.66. The van der Waals surface area contributed by atoms with Crippen LogP contribution in [0.1, 0.15) is 11.1 Å². The number of rotatable bonds is 2. The summed E-state index contributed by atoms with van der Waals surface area (Å²) in [6.45, 7) is 0. The van der Waals surface area contributed by atoms with Gasteiger partial charge in [0.25, 0.3) is 0 Å². The quantitative estimate of drug-likeness (QED) is 0.819. The first-order chi connectivity index (χ1) is 10.8. The predicted molar refractivity (Wildman–Crippen MR) is 80.3 cm³/mol. The van der Waals surface area contributed by atoms with Crippen molar-refractivity contribution in [1.82, 2.24) is 0 Å². The summed E-state index contributed by atoms with van der Waals surface area (Å²) in [5.41, 5.74) is -0.879. The fourth-order valence-electron chi connectivity index (χ4n) is 1.81. The molecule has 2 aromatic rings. The van der Waals surface area contributed by atoms with E-state index in [0.29, 0.717) is 5.56 Å². The summed E-state index contributed by atoms with van der Waals surface area (Å²) >= 11 is 5.56. The van der Waals surface area contributed by atoms with E-state index in [1.165, 1.54) is 30.3 Å². The summed E-state index contributed by atoms with van der Waals surface area (Å²) in [5.74, 6) is 0. The number of nitrogens with one attached hydrogen (secondary N) is 2. The number of hydrogen-bond donors (Lipinski definition) is 2. The highest BCUT2D eigenvalue weighted by molar-refractivity contribution is 6.30. The Labute approximate surface area is 134 Å². The molecule has 0 fully saturated rings. The molecule has 0 spiro atoms. The van der Waals surface area contributed by atoms with Gasteiger partial charge in [0.05, 0.1) is 22.9 Å². The van der Waals surface area contributed by atoms with Crippen LogP contribution in [0.15, 0.2) is 42.5 Å². The Kier molecular flexibility index (Phi) is 4.77. The molecule has 118 valence electrons. The molecule has 0 unspecified atom stereocenters. The Morgan fingerprint density at radius 1 is 1.13 bits per heavy atom. The summed E-state index contributed by atoms with van der Waals surface area (Å²) < 4.78 is 38.8. The number of halogens is 4. The molecule has 0 saturated carbocycles. The normalized spacial score (nSPS) is 10.7. The standard InChI is InChI=1S/C15H9ClF3N3O/c16-10-4-5-13(12(7-10)15(17,18)19)22-14(23)21-11-3-1-2-9(6-11)8-20/h1-7H,(H2,21,22,23). The van der Waals surface area contributed by atoms with Crippen LogP contribution in [0.5, 0.6) is 0 Å². The highest BCUT2D eigenvalue weighted by Crippen LogP contribution is 2.36. The topological polar surface area (TPSA) is 64.9 Å². The van der Waals surface area contributed by atoms with Gasteiger partial charge in [-0.05, 0) is 36.4 Å². The molecule has 4 nitrogen and oxygen atoms in total. The van der Waals surface area contributed by atoms with Crippen LogP contribution in [-0.2, 0) is 6.18 Å². The average molecular weight is 340 g/mol. The molecule has 23 heavy (non-hydrogen) atoms. The third kappa shape index (κ3) is 4.37. The molecule has 0 bridgehead atoms. The van der Waals surface area contributed by atoms with E-state index in [0.717, 1.165) is 12.1 Å². The first-order valence-corrected chi connectivity index (χ1v) is 6.62. The van der Waals surface area contributed by atoms with Crippen LogP contribution >= 0.6 is 11.6 Å². The van der Waals surface area contributed by atoms with Crippen molar-refractivity contribution in [2.24, 2.45) is 0 Å². The van der Waals surface area contributed by atoms with Crippen molar-refractivity contribution in [3.05, 3.63) is 58.6 Å². The largest absolute Gasteiger partial charge is 0.418 e. The fraction of sp³-hybridized carbons (Fsp3) is 0.0667. The molecule has 2 amide bonds. The van der Waals surface area contributed by atoms with E-state index in [1.807, 2.05) is 6.07 Å². The number of benzene rings is 2. The lowest BCUT2D eigenvalue weighted by Crippen LogP contribution is -2.21. The van der Waals surface area contributed by atoms with Crippen molar-refractivity contribution < 1.29 is 18.0 Å². The van der Waals surface area contributed by atoms with Crippen LogP contribution in [0.2, 0.25) is 5.02 Å². The molecule has 2 N–H and O–H groups in total. The second-order valence-electron chi connectivity index (χ2n) is 4.46. The van der Waals surface area contributed by atoms with Crippen molar-refractivity contribution in [1.29, 1.82) is 5.26 Å². The second kappa shape index (κ2) is 6.58. The summed E-state index contributed by atoms with van der Waals surface area (Å²) in [4.78, 5) is 11.8. The zero-order chi connectivity index (χ0) is 17.0. The summed E-state index contributed by atoms with van der Waals surface area (Å²) in [6.07, 6.45) is -4.66. The Bertz CT molecular complexity index is 784. The van der Waals surface area contributed by atoms with Gasteiger partial charge in [-0.25, -0.2) is 4.79 Å². The van der Waals surface area contributed by atoms with E-state index in [4.69, 9.17) is 16.9 Å². The van der Waals surface area contributed by atoms with Crippen molar-refractivity contribution >= 4 is 29.0 Å². The Hall–Kier alpha value is -2.72. The van der Waals surface area contributed by atoms with Gasteiger partial charge in [0.2, 0.25) is 0 Å². The van der Waals surface area contributed by atoms with Crippen LogP contribution < -0.4 is 10.6 Å². The maximum absolute atomic E-state index is 12.9. The molecule has 2 aromatic carbocycles. The van der Waals surface area contributed by atoms with Gasteiger partial charge in [-0.15, -0.1) is 0 Å². The molecule has 0 aromatic heterocycles. The molecule has 0 heterocycles. The summed E-state index contributed by atoms with van der Waals surface area (Å²) in [5, 5.41) is 13.2. The molecule has 0 saturated heterocycles. The van der Waals surface area contributed by atoms with E-state index >= 15 is 0 Å².